The van der Waals surface area contributed by atoms with Gasteiger partial charge in [0.05, 0.1) is 5.75 Å². The fourth-order valence-electron chi connectivity index (χ4n) is 1.24. The highest BCUT2D eigenvalue weighted by Crippen LogP contribution is 2.57. The van der Waals surface area contributed by atoms with Gasteiger partial charge in [0, 0.05) is 6.61 Å². The van der Waals surface area contributed by atoms with E-state index in [1.807, 2.05) is 0 Å². The topological polar surface area (TPSA) is 63.6 Å². The van der Waals surface area contributed by atoms with Crippen molar-refractivity contribution in [1.82, 2.24) is 0 Å². The Labute approximate surface area is 132 Å². The molecule has 0 rings (SSSR count). The summed E-state index contributed by atoms with van der Waals surface area (Å²) in [5, 5.41) is 0. The molecule has 1 N–H and O–H groups in total. The molecule has 0 aromatic rings. The van der Waals surface area contributed by atoms with Crippen LogP contribution >= 0.6 is 0 Å². The molecule has 0 aliphatic rings. The minimum absolute atomic E-state index is 0.782. The predicted octanol–water partition coefficient (Wildman–Crippen LogP) is 3.38. The molecule has 0 bridgehead atoms. The van der Waals surface area contributed by atoms with Gasteiger partial charge in [0.15, 0.2) is 0 Å². The van der Waals surface area contributed by atoms with E-state index in [4.69, 9.17) is 4.55 Å². The maximum Gasteiger partial charge on any atom is 0.460 e. The molecule has 25 heavy (non-hydrogen) atoms. The fraction of sp³-hybridized carbons (Fsp3) is 1.00. The summed E-state index contributed by atoms with van der Waals surface area (Å²) >= 11 is 0. The molecule has 0 atom stereocenters. The van der Waals surface area contributed by atoms with Crippen molar-refractivity contribution >= 4 is 10.1 Å². The molecule has 0 aliphatic carbocycles. The SMILES string of the molecule is O=S(=O)(O)CCCOCC(F)(F)C(F)(F)C(F)(F)C(F)(F)C(F)(F)F. The zero-order chi connectivity index (χ0) is 20.5. The molecule has 0 amide bonds. The van der Waals surface area contributed by atoms with Gasteiger partial charge in [-0.05, 0) is 6.42 Å². The Bertz CT molecular complexity index is 554. The number of alkyl halides is 11. The first-order chi connectivity index (χ1) is 10.7. The molecule has 152 valence electrons. The van der Waals surface area contributed by atoms with Gasteiger partial charge in [-0.2, -0.15) is 56.7 Å². The van der Waals surface area contributed by atoms with Crippen molar-refractivity contribution < 1.29 is 66.0 Å². The van der Waals surface area contributed by atoms with Crippen molar-refractivity contribution in [3.05, 3.63) is 0 Å². The quantitative estimate of drug-likeness (QED) is 0.352. The van der Waals surface area contributed by atoms with E-state index in [9.17, 15) is 56.7 Å². The summed E-state index contributed by atoms with van der Waals surface area (Å²) in [5.41, 5.74) is 0. The normalized spacial score (nSPS) is 15.5. The van der Waals surface area contributed by atoms with E-state index in [0.29, 0.717) is 0 Å². The maximum absolute atomic E-state index is 13.1. The van der Waals surface area contributed by atoms with Gasteiger partial charge in [-0.15, -0.1) is 0 Å². The summed E-state index contributed by atoms with van der Waals surface area (Å²) in [7, 11) is -4.59. The first-order valence-electron chi connectivity index (χ1n) is 5.81. The lowest BCUT2D eigenvalue weighted by atomic mass is 9.98. The fourth-order valence-corrected chi connectivity index (χ4v) is 1.72. The third kappa shape index (κ3) is 5.06. The van der Waals surface area contributed by atoms with Gasteiger partial charge < -0.3 is 4.74 Å². The Balaban J connectivity index is 5.20. The minimum Gasteiger partial charge on any atom is -0.375 e. The molecule has 0 aromatic heterocycles. The van der Waals surface area contributed by atoms with Gasteiger partial charge in [0.1, 0.15) is 6.61 Å². The second-order valence-corrected chi connectivity index (χ2v) is 6.19. The van der Waals surface area contributed by atoms with Gasteiger partial charge in [-0.1, -0.05) is 0 Å². The molecule has 0 aromatic carbocycles. The lowest BCUT2D eigenvalue weighted by molar-refractivity contribution is -0.424. The van der Waals surface area contributed by atoms with Crippen molar-refractivity contribution in [2.24, 2.45) is 0 Å². The van der Waals surface area contributed by atoms with Crippen LogP contribution in [0.4, 0.5) is 48.3 Å². The van der Waals surface area contributed by atoms with Crippen molar-refractivity contribution in [2.45, 2.75) is 36.3 Å². The van der Waals surface area contributed by atoms with E-state index in [1.54, 1.807) is 0 Å². The van der Waals surface area contributed by atoms with E-state index in [1.165, 1.54) is 0 Å². The highest BCUT2D eigenvalue weighted by molar-refractivity contribution is 7.85. The molecule has 0 unspecified atom stereocenters. The summed E-state index contributed by atoms with van der Waals surface area (Å²) < 4.78 is 171. The number of hydrogen-bond donors (Lipinski definition) is 1. The van der Waals surface area contributed by atoms with Crippen LogP contribution in [-0.4, -0.2) is 61.8 Å². The molecule has 0 heterocycles. The second kappa shape index (κ2) is 7.02. The van der Waals surface area contributed by atoms with Gasteiger partial charge >= 0.3 is 29.9 Å². The lowest BCUT2D eigenvalue weighted by Crippen LogP contribution is -2.67. The van der Waals surface area contributed by atoms with E-state index >= 15 is 0 Å². The first kappa shape index (κ1) is 24.1. The number of ether oxygens (including phenoxy) is 1. The van der Waals surface area contributed by atoms with E-state index in [-0.39, 0.29) is 0 Å². The number of halogens is 11. The molecule has 0 saturated heterocycles. The van der Waals surface area contributed by atoms with Crippen LogP contribution in [0.1, 0.15) is 6.42 Å². The van der Waals surface area contributed by atoms with Crippen LogP contribution in [0.15, 0.2) is 0 Å². The molecule has 4 nitrogen and oxygen atoms in total. The third-order valence-corrected chi connectivity index (χ3v) is 3.38. The summed E-state index contributed by atoms with van der Waals surface area (Å²) in [6.45, 7) is -3.85. The molecular weight excluding hydrogens is 413 g/mol. The van der Waals surface area contributed by atoms with Crippen LogP contribution in [0, 0.1) is 0 Å². The van der Waals surface area contributed by atoms with Gasteiger partial charge in [-0.25, -0.2) is 0 Å². The largest absolute Gasteiger partial charge is 0.460 e. The van der Waals surface area contributed by atoms with E-state index < -0.39 is 65.4 Å². The standard InChI is InChI=1S/C9H9F11O4S/c10-5(11,4-24-2-1-3-25(21,22)23)6(12,13)7(14,15)8(16,17)9(18,19)20/h1-4H2,(H,21,22,23). The highest BCUT2D eigenvalue weighted by atomic mass is 32.2. The number of hydrogen-bond acceptors (Lipinski definition) is 3. The zero-order valence-corrected chi connectivity index (χ0v) is 12.4. The summed E-state index contributed by atoms with van der Waals surface area (Å²) in [6, 6.07) is 0. The maximum atomic E-state index is 13.1. The zero-order valence-electron chi connectivity index (χ0n) is 11.6. The van der Waals surface area contributed by atoms with Gasteiger partial charge in [0.25, 0.3) is 10.1 Å². The van der Waals surface area contributed by atoms with Gasteiger partial charge in [0.2, 0.25) is 0 Å². The Morgan fingerprint density at radius 2 is 1.20 bits per heavy atom. The first-order valence-corrected chi connectivity index (χ1v) is 7.42. The van der Waals surface area contributed by atoms with Crippen molar-refractivity contribution in [2.75, 3.05) is 19.0 Å². The smallest absolute Gasteiger partial charge is 0.375 e. The van der Waals surface area contributed by atoms with Crippen LogP contribution in [0.3, 0.4) is 0 Å². The molecule has 0 radical (unpaired) electrons. The van der Waals surface area contributed by atoms with Crippen molar-refractivity contribution in [1.29, 1.82) is 0 Å². The summed E-state index contributed by atoms with van der Waals surface area (Å²) in [6.07, 6.45) is -8.03. The van der Waals surface area contributed by atoms with Crippen LogP contribution in [0.25, 0.3) is 0 Å². The molecular formula is C9H9F11O4S. The Hall–Kier alpha value is -0.900. The summed E-state index contributed by atoms with van der Waals surface area (Å²) in [4.78, 5) is 0. The number of rotatable bonds is 9. The van der Waals surface area contributed by atoms with Crippen LogP contribution in [-0.2, 0) is 14.9 Å². The van der Waals surface area contributed by atoms with E-state index in [0.717, 1.165) is 0 Å². The van der Waals surface area contributed by atoms with Crippen LogP contribution in [0.5, 0.6) is 0 Å². The molecule has 0 aliphatic heterocycles. The average Bonchev–Trinajstić information content (AvgIpc) is 2.34. The van der Waals surface area contributed by atoms with Crippen molar-refractivity contribution in [3.8, 4) is 0 Å². The molecule has 0 spiro atoms. The van der Waals surface area contributed by atoms with Crippen molar-refractivity contribution in [3.63, 3.8) is 0 Å². The molecule has 0 saturated carbocycles. The van der Waals surface area contributed by atoms with Gasteiger partial charge in [-0.3, -0.25) is 4.55 Å². The Morgan fingerprint density at radius 3 is 1.56 bits per heavy atom. The van der Waals surface area contributed by atoms with Crippen LogP contribution < -0.4 is 0 Å². The minimum atomic E-state index is -7.51. The second-order valence-electron chi connectivity index (χ2n) is 4.62. The molecule has 16 heteroatoms. The monoisotopic (exact) mass is 422 g/mol. The third-order valence-electron chi connectivity index (χ3n) is 2.58. The summed E-state index contributed by atoms with van der Waals surface area (Å²) in [5.74, 6) is -29.4. The van der Waals surface area contributed by atoms with E-state index in [2.05, 4.69) is 4.74 Å². The lowest BCUT2D eigenvalue weighted by Gasteiger charge is -2.37. The predicted molar refractivity (Wildman–Crippen MR) is 57.7 cm³/mol. The van der Waals surface area contributed by atoms with Crippen LogP contribution in [0.2, 0.25) is 0 Å². The Kier molecular flexibility index (Phi) is 6.76. The molecule has 0 fully saturated rings. The average molecular weight is 422 g/mol. The highest BCUT2D eigenvalue weighted by Gasteiger charge is 2.87. The Morgan fingerprint density at radius 1 is 0.760 bits per heavy atom.